The number of carbonyl (C=O) groups is 1. The third-order valence-corrected chi connectivity index (χ3v) is 2.80. The van der Waals surface area contributed by atoms with Crippen LogP contribution in [0.3, 0.4) is 0 Å². The van der Waals surface area contributed by atoms with Gasteiger partial charge in [0.25, 0.3) is 0 Å². The largest absolute Gasteiger partial charge is 0.487 e. The van der Waals surface area contributed by atoms with Gasteiger partial charge in [-0.2, -0.15) is 0 Å². The molecule has 0 spiro atoms. The Kier molecular flexibility index (Phi) is 3.71. The van der Waals surface area contributed by atoms with Gasteiger partial charge in [0.05, 0.1) is 5.69 Å². The molecular formula is C15H16N2O2. The Morgan fingerprint density at radius 3 is 2.47 bits per heavy atom. The van der Waals surface area contributed by atoms with E-state index in [-0.39, 0.29) is 0 Å². The highest BCUT2D eigenvalue weighted by atomic mass is 16.5. The first kappa shape index (κ1) is 13.0. The van der Waals surface area contributed by atoms with Gasteiger partial charge in [-0.15, -0.1) is 0 Å². The van der Waals surface area contributed by atoms with Crippen molar-refractivity contribution in [3.05, 3.63) is 59.2 Å². The normalized spacial score (nSPS) is 10.2. The first-order chi connectivity index (χ1) is 9.06. The first-order valence-electron chi connectivity index (χ1n) is 5.94. The van der Waals surface area contributed by atoms with Crippen molar-refractivity contribution in [1.82, 2.24) is 0 Å². The molecule has 0 aliphatic heterocycles. The Morgan fingerprint density at radius 1 is 1.16 bits per heavy atom. The molecule has 4 N–H and O–H groups in total. The first-order valence-corrected chi connectivity index (χ1v) is 5.94. The highest BCUT2D eigenvalue weighted by molar-refractivity contribution is 5.92. The summed E-state index contributed by atoms with van der Waals surface area (Å²) < 4.78 is 5.66. The van der Waals surface area contributed by atoms with Gasteiger partial charge < -0.3 is 16.2 Å². The lowest BCUT2D eigenvalue weighted by molar-refractivity contribution is 0.1000. The molecule has 0 aromatic heterocycles. The second-order valence-electron chi connectivity index (χ2n) is 4.39. The van der Waals surface area contributed by atoms with E-state index in [9.17, 15) is 4.79 Å². The van der Waals surface area contributed by atoms with Gasteiger partial charge in [0.2, 0.25) is 5.91 Å². The van der Waals surface area contributed by atoms with Crippen LogP contribution in [-0.4, -0.2) is 5.91 Å². The summed E-state index contributed by atoms with van der Waals surface area (Å²) in [5.74, 6) is 0.231. The van der Waals surface area contributed by atoms with Gasteiger partial charge in [0.15, 0.2) is 0 Å². The second kappa shape index (κ2) is 5.44. The molecule has 0 aliphatic carbocycles. The molecule has 2 aromatic rings. The van der Waals surface area contributed by atoms with E-state index >= 15 is 0 Å². The zero-order chi connectivity index (χ0) is 13.8. The molecule has 4 heteroatoms. The smallest absolute Gasteiger partial charge is 0.248 e. The predicted octanol–water partition coefficient (Wildman–Crippen LogP) is 2.26. The summed E-state index contributed by atoms with van der Waals surface area (Å²) in [6, 6.07) is 12.6. The molecule has 19 heavy (non-hydrogen) atoms. The Morgan fingerprint density at radius 2 is 1.84 bits per heavy atom. The SMILES string of the molecule is Cc1ccc(N)c(OCc2ccc(C(N)=O)cc2)c1. The van der Waals surface area contributed by atoms with Gasteiger partial charge in [-0.1, -0.05) is 18.2 Å². The number of carbonyl (C=O) groups excluding carboxylic acids is 1. The lowest BCUT2D eigenvalue weighted by atomic mass is 10.1. The lowest BCUT2D eigenvalue weighted by Crippen LogP contribution is -2.10. The average molecular weight is 256 g/mol. The van der Waals surface area contributed by atoms with Gasteiger partial charge in [0.1, 0.15) is 12.4 Å². The predicted molar refractivity (Wildman–Crippen MR) is 74.9 cm³/mol. The number of nitrogens with two attached hydrogens (primary N) is 2. The quantitative estimate of drug-likeness (QED) is 0.823. The van der Waals surface area contributed by atoms with Crippen molar-refractivity contribution in [2.24, 2.45) is 5.73 Å². The van der Waals surface area contributed by atoms with Crippen molar-refractivity contribution in [3.8, 4) is 5.75 Å². The molecule has 0 aliphatic rings. The van der Waals surface area contributed by atoms with Crippen LogP contribution in [0.5, 0.6) is 5.75 Å². The fourth-order valence-corrected chi connectivity index (χ4v) is 1.69. The maximum absolute atomic E-state index is 10.9. The summed E-state index contributed by atoms with van der Waals surface area (Å²) in [6.45, 7) is 2.38. The molecule has 0 atom stereocenters. The number of rotatable bonds is 4. The van der Waals surface area contributed by atoms with E-state index in [1.54, 1.807) is 12.1 Å². The number of nitrogen functional groups attached to an aromatic ring is 1. The van der Waals surface area contributed by atoms with Crippen LogP contribution in [0.1, 0.15) is 21.5 Å². The standard InChI is InChI=1S/C15H16N2O2/c1-10-2-7-13(16)14(8-10)19-9-11-3-5-12(6-4-11)15(17)18/h2-8H,9,16H2,1H3,(H2,17,18). The average Bonchev–Trinajstić information content (AvgIpc) is 2.40. The van der Waals surface area contributed by atoms with Crippen molar-refractivity contribution in [2.45, 2.75) is 13.5 Å². The summed E-state index contributed by atoms with van der Waals surface area (Å²) >= 11 is 0. The molecule has 4 nitrogen and oxygen atoms in total. The van der Waals surface area contributed by atoms with Gasteiger partial charge in [-0.25, -0.2) is 0 Å². The minimum Gasteiger partial charge on any atom is -0.487 e. The zero-order valence-electron chi connectivity index (χ0n) is 10.7. The number of amides is 1. The topological polar surface area (TPSA) is 78.3 Å². The van der Waals surface area contributed by atoms with Crippen LogP contribution in [0.15, 0.2) is 42.5 Å². The Bertz CT molecular complexity index is 592. The summed E-state index contributed by atoms with van der Waals surface area (Å²) in [5.41, 5.74) is 14.1. The minimum absolute atomic E-state index is 0.396. The molecular weight excluding hydrogens is 240 g/mol. The fraction of sp³-hybridized carbons (Fsp3) is 0.133. The maximum atomic E-state index is 10.9. The molecule has 0 bridgehead atoms. The van der Waals surface area contributed by atoms with Crippen LogP contribution < -0.4 is 16.2 Å². The van der Waals surface area contributed by atoms with Crippen molar-refractivity contribution in [2.75, 3.05) is 5.73 Å². The number of ether oxygens (including phenoxy) is 1. The molecule has 0 radical (unpaired) electrons. The third-order valence-electron chi connectivity index (χ3n) is 2.80. The van der Waals surface area contributed by atoms with Gasteiger partial charge in [-0.3, -0.25) is 4.79 Å². The molecule has 0 saturated heterocycles. The van der Waals surface area contributed by atoms with E-state index in [1.165, 1.54) is 0 Å². The van der Waals surface area contributed by atoms with Crippen molar-refractivity contribution in [3.63, 3.8) is 0 Å². The minimum atomic E-state index is -0.435. The Labute approximate surface area is 112 Å². The summed E-state index contributed by atoms with van der Waals surface area (Å²) in [4.78, 5) is 10.9. The lowest BCUT2D eigenvalue weighted by Gasteiger charge is -2.10. The van der Waals surface area contributed by atoms with Crippen LogP contribution in [0.25, 0.3) is 0 Å². The number of primary amides is 1. The van der Waals surface area contributed by atoms with E-state index in [4.69, 9.17) is 16.2 Å². The number of hydrogen-bond donors (Lipinski definition) is 2. The Balaban J connectivity index is 2.06. The van der Waals surface area contributed by atoms with E-state index < -0.39 is 5.91 Å². The number of aryl methyl sites for hydroxylation is 1. The summed E-state index contributed by atoms with van der Waals surface area (Å²) in [6.07, 6.45) is 0. The van der Waals surface area contributed by atoms with Crippen molar-refractivity contribution < 1.29 is 9.53 Å². The maximum Gasteiger partial charge on any atom is 0.248 e. The molecule has 2 rings (SSSR count). The van der Waals surface area contributed by atoms with E-state index in [0.717, 1.165) is 11.1 Å². The molecule has 0 fully saturated rings. The van der Waals surface area contributed by atoms with Gasteiger partial charge >= 0.3 is 0 Å². The zero-order valence-corrected chi connectivity index (χ0v) is 10.7. The van der Waals surface area contributed by atoms with Crippen LogP contribution in [-0.2, 0) is 6.61 Å². The number of hydrogen-bond acceptors (Lipinski definition) is 3. The van der Waals surface area contributed by atoms with Gasteiger partial charge in [0, 0.05) is 5.56 Å². The van der Waals surface area contributed by atoms with Crippen molar-refractivity contribution in [1.29, 1.82) is 0 Å². The third kappa shape index (κ3) is 3.25. The number of anilines is 1. The molecule has 0 unspecified atom stereocenters. The second-order valence-corrected chi connectivity index (χ2v) is 4.39. The van der Waals surface area contributed by atoms with E-state index in [0.29, 0.717) is 23.6 Å². The van der Waals surface area contributed by atoms with Crippen molar-refractivity contribution >= 4 is 11.6 Å². The van der Waals surface area contributed by atoms with Gasteiger partial charge in [-0.05, 0) is 42.3 Å². The van der Waals surface area contributed by atoms with E-state index in [1.807, 2.05) is 37.3 Å². The summed E-state index contributed by atoms with van der Waals surface area (Å²) in [5, 5.41) is 0. The molecule has 0 heterocycles. The van der Waals surface area contributed by atoms with Crippen LogP contribution in [0.4, 0.5) is 5.69 Å². The molecule has 0 saturated carbocycles. The van der Waals surface area contributed by atoms with Crippen LogP contribution in [0, 0.1) is 6.92 Å². The number of benzene rings is 2. The van der Waals surface area contributed by atoms with Crippen LogP contribution >= 0.6 is 0 Å². The van der Waals surface area contributed by atoms with Crippen LogP contribution in [0.2, 0.25) is 0 Å². The monoisotopic (exact) mass is 256 g/mol. The highest BCUT2D eigenvalue weighted by Gasteiger charge is 2.03. The molecule has 98 valence electrons. The highest BCUT2D eigenvalue weighted by Crippen LogP contribution is 2.23. The van der Waals surface area contributed by atoms with E-state index in [2.05, 4.69) is 0 Å². The molecule has 1 amide bonds. The summed E-state index contributed by atoms with van der Waals surface area (Å²) in [7, 11) is 0. The fourth-order valence-electron chi connectivity index (χ4n) is 1.69. The molecule has 2 aromatic carbocycles. The Hall–Kier alpha value is -2.49.